The normalized spacial score (nSPS) is 11.1. The highest BCUT2D eigenvalue weighted by Gasteiger charge is 2.25. The minimum absolute atomic E-state index is 0.178. The van der Waals surface area contributed by atoms with Crippen LogP contribution in [0.25, 0.3) is 0 Å². The van der Waals surface area contributed by atoms with Crippen LogP contribution in [-0.4, -0.2) is 11.1 Å². The van der Waals surface area contributed by atoms with Crippen LogP contribution in [0.5, 0.6) is 0 Å². The van der Waals surface area contributed by atoms with E-state index in [2.05, 4.69) is 9.52 Å². The largest absolute Gasteiger partial charge is 0.433 e. The molecule has 0 spiro atoms. The van der Waals surface area contributed by atoms with E-state index in [9.17, 15) is 32.1 Å². The lowest BCUT2D eigenvalue weighted by Gasteiger charge is -2.06. The third-order valence-electron chi connectivity index (χ3n) is 2.37. The third kappa shape index (κ3) is 2.73. The number of anilines is 1. The van der Waals surface area contributed by atoms with Crippen molar-refractivity contribution in [3.05, 3.63) is 57.1 Å². The molecule has 22 heavy (non-hydrogen) atoms. The number of nitro groups is 1. The lowest BCUT2D eigenvalue weighted by atomic mass is 10.2. The summed E-state index contributed by atoms with van der Waals surface area (Å²) in [5.74, 6) is -11.6. The fraction of sp³-hybridized carbons (Fsp3) is 0. The Morgan fingerprint density at radius 1 is 1.05 bits per heavy atom. The predicted octanol–water partition coefficient (Wildman–Crippen LogP) is 3.33. The Kier molecular flexibility index (Phi) is 4.06. The number of halogens is 5. The van der Waals surface area contributed by atoms with Crippen molar-refractivity contribution >= 4 is 17.8 Å². The second-order valence-electron chi connectivity index (χ2n) is 3.75. The van der Waals surface area contributed by atoms with E-state index in [0.717, 1.165) is 18.3 Å². The zero-order valence-electron chi connectivity index (χ0n) is 10.2. The number of hydrazone groups is 1. The van der Waals surface area contributed by atoms with Gasteiger partial charge in [0.15, 0.2) is 29.0 Å². The first-order valence-corrected chi connectivity index (χ1v) is 5.37. The van der Waals surface area contributed by atoms with Crippen molar-refractivity contribution in [2.75, 3.05) is 5.43 Å². The van der Waals surface area contributed by atoms with Crippen molar-refractivity contribution in [2.45, 2.75) is 0 Å². The van der Waals surface area contributed by atoms with Gasteiger partial charge in [-0.15, -0.1) is 0 Å². The second-order valence-corrected chi connectivity index (χ2v) is 3.75. The van der Waals surface area contributed by atoms with E-state index in [4.69, 9.17) is 0 Å². The van der Waals surface area contributed by atoms with Gasteiger partial charge in [0.05, 0.1) is 12.3 Å². The van der Waals surface area contributed by atoms with Crippen molar-refractivity contribution < 1.29 is 31.3 Å². The summed E-state index contributed by atoms with van der Waals surface area (Å²) in [5, 5.41) is 13.5. The first-order chi connectivity index (χ1) is 10.3. The van der Waals surface area contributed by atoms with Gasteiger partial charge in [-0.3, -0.25) is 15.5 Å². The number of nitrogens with zero attached hydrogens (tertiary/aromatic N) is 2. The van der Waals surface area contributed by atoms with E-state index >= 15 is 0 Å². The Morgan fingerprint density at radius 2 is 1.59 bits per heavy atom. The highest BCUT2D eigenvalue weighted by atomic mass is 19.2. The molecule has 0 bridgehead atoms. The summed E-state index contributed by atoms with van der Waals surface area (Å²) >= 11 is 0. The first kappa shape index (κ1) is 15.4. The fourth-order valence-corrected chi connectivity index (χ4v) is 1.37. The van der Waals surface area contributed by atoms with Gasteiger partial charge in [0.25, 0.3) is 0 Å². The third-order valence-corrected chi connectivity index (χ3v) is 2.37. The number of hydrogen-bond acceptors (Lipinski definition) is 5. The van der Waals surface area contributed by atoms with Gasteiger partial charge in [-0.25, -0.2) is 22.0 Å². The topological polar surface area (TPSA) is 80.7 Å². The molecular weight excluding hydrogens is 317 g/mol. The standard InChI is InChI=1S/C11H4F5N3O3/c12-6-7(13)9(15)11(10(16)8(6)14)18-17-3-4-1-2-5(22-4)19(20)21/h1-3,18H/b17-3-. The molecule has 6 nitrogen and oxygen atoms in total. The molecule has 116 valence electrons. The Labute approximate surface area is 118 Å². The van der Waals surface area contributed by atoms with Crippen LogP contribution in [0.1, 0.15) is 5.76 Å². The Balaban J connectivity index is 2.24. The van der Waals surface area contributed by atoms with Crippen LogP contribution in [0.4, 0.5) is 33.5 Å². The maximum absolute atomic E-state index is 13.3. The van der Waals surface area contributed by atoms with Gasteiger partial charge in [-0.1, -0.05) is 0 Å². The van der Waals surface area contributed by atoms with Crippen molar-refractivity contribution in [1.82, 2.24) is 0 Å². The number of furan rings is 1. The van der Waals surface area contributed by atoms with Crippen molar-refractivity contribution in [2.24, 2.45) is 5.10 Å². The molecule has 0 amide bonds. The summed E-state index contributed by atoms with van der Waals surface area (Å²) in [4.78, 5) is 9.50. The molecule has 0 fully saturated rings. The van der Waals surface area contributed by atoms with Gasteiger partial charge in [0, 0.05) is 0 Å². The Bertz CT molecular complexity index is 746. The molecule has 2 rings (SSSR count). The summed E-state index contributed by atoms with van der Waals surface area (Å²) in [6.07, 6.45) is 0.755. The molecule has 0 radical (unpaired) electrons. The van der Waals surface area contributed by atoms with E-state index in [1.165, 1.54) is 0 Å². The van der Waals surface area contributed by atoms with Crippen molar-refractivity contribution in [3.8, 4) is 0 Å². The summed E-state index contributed by atoms with van der Waals surface area (Å²) in [7, 11) is 0. The minimum atomic E-state index is -2.30. The molecule has 1 aromatic heterocycles. The Hall–Kier alpha value is -2.98. The van der Waals surface area contributed by atoms with Gasteiger partial charge in [0.2, 0.25) is 5.82 Å². The lowest BCUT2D eigenvalue weighted by Crippen LogP contribution is -2.06. The average Bonchev–Trinajstić information content (AvgIpc) is 2.96. The Morgan fingerprint density at radius 3 is 2.09 bits per heavy atom. The number of benzene rings is 1. The molecule has 1 N–H and O–H groups in total. The molecular formula is C11H4F5N3O3. The van der Waals surface area contributed by atoms with Crippen LogP contribution in [0.3, 0.4) is 0 Å². The maximum atomic E-state index is 13.3. The highest BCUT2D eigenvalue weighted by Crippen LogP contribution is 2.27. The van der Waals surface area contributed by atoms with Crippen LogP contribution in [0.15, 0.2) is 21.7 Å². The summed E-state index contributed by atoms with van der Waals surface area (Å²) < 4.78 is 69.8. The van der Waals surface area contributed by atoms with Gasteiger partial charge in [0.1, 0.15) is 10.6 Å². The van der Waals surface area contributed by atoms with E-state index in [1.807, 2.05) is 0 Å². The van der Waals surface area contributed by atoms with E-state index in [1.54, 1.807) is 5.43 Å². The molecule has 11 heteroatoms. The van der Waals surface area contributed by atoms with Crippen LogP contribution >= 0.6 is 0 Å². The fourth-order valence-electron chi connectivity index (χ4n) is 1.37. The summed E-state index contributed by atoms with van der Waals surface area (Å²) in [6.45, 7) is 0. The smallest absolute Gasteiger partial charge is 0.400 e. The van der Waals surface area contributed by atoms with Crippen LogP contribution in [-0.2, 0) is 0 Å². The molecule has 1 heterocycles. The monoisotopic (exact) mass is 321 g/mol. The maximum Gasteiger partial charge on any atom is 0.433 e. The van der Waals surface area contributed by atoms with Crippen molar-refractivity contribution in [3.63, 3.8) is 0 Å². The number of nitrogens with one attached hydrogen (secondary N) is 1. The van der Waals surface area contributed by atoms with Crippen LogP contribution in [0.2, 0.25) is 0 Å². The molecule has 2 aromatic rings. The molecule has 0 unspecified atom stereocenters. The molecule has 0 aliphatic carbocycles. The van der Waals surface area contributed by atoms with Gasteiger partial charge in [-0.2, -0.15) is 5.10 Å². The van der Waals surface area contributed by atoms with Gasteiger partial charge >= 0.3 is 5.88 Å². The average molecular weight is 321 g/mol. The molecule has 0 saturated carbocycles. The second kappa shape index (κ2) is 5.79. The van der Waals surface area contributed by atoms with Crippen LogP contribution < -0.4 is 5.43 Å². The summed E-state index contributed by atoms with van der Waals surface area (Å²) in [6, 6.07) is 2.10. The van der Waals surface area contributed by atoms with Crippen molar-refractivity contribution in [1.29, 1.82) is 0 Å². The molecule has 0 aliphatic rings. The SMILES string of the molecule is O=[N+]([O-])c1ccc(/C=N\Nc2c(F)c(F)c(F)c(F)c2F)o1. The molecule has 0 saturated heterocycles. The van der Waals surface area contributed by atoms with Gasteiger partial charge < -0.3 is 4.42 Å². The number of hydrogen-bond donors (Lipinski definition) is 1. The number of rotatable bonds is 4. The highest BCUT2D eigenvalue weighted by molar-refractivity contribution is 5.77. The molecule has 0 aliphatic heterocycles. The molecule has 1 aromatic carbocycles. The predicted molar refractivity (Wildman–Crippen MR) is 62.8 cm³/mol. The lowest BCUT2D eigenvalue weighted by molar-refractivity contribution is -0.402. The van der Waals surface area contributed by atoms with E-state index in [-0.39, 0.29) is 5.76 Å². The summed E-state index contributed by atoms with van der Waals surface area (Å²) in [5.41, 5.74) is 0.253. The quantitative estimate of drug-likeness (QED) is 0.234. The zero-order valence-corrected chi connectivity index (χ0v) is 10.2. The van der Waals surface area contributed by atoms with E-state index in [0.29, 0.717) is 0 Å². The zero-order chi connectivity index (χ0) is 16.4. The van der Waals surface area contributed by atoms with Gasteiger partial charge in [-0.05, 0) is 6.07 Å². The molecule has 0 atom stereocenters. The van der Waals surface area contributed by atoms with E-state index < -0.39 is 45.6 Å². The van der Waals surface area contributed by atoms with Crippen LogP contribution in [0, 0.1) is 39.2 Å². The minimum Gasteiger partial charge on any atom is -0.400 e. The first-order valence-electron chi connectivity index (χ1n) is 5.37.